The number of rotatable bonds is 5. The van der Waals surface area contributed by atoms with Crippen LogP contribution in [0, 0.1) is 0 Å². The maximum atomic E-state index is 5.85. The molecule has 1 aromatic heterocycles. The second-order valence-electron chi connectivity index (χ2n) is 6.97. The molecule has 4 rings (SSSR count). The van der Waals surface area contributed by atoms with Gasteiger partial charge in [0.25, 0.3) is 0 Å². The summed E-state index contributed by atoms with van der Waals surface area (Å²) in [5.41, 5.74) is -0.302. The Bertz CT molecular complexity index is 559. The smallest absolute Gasteiger partial charge is 0.232 e. The Morgan fingerprint density at radius 1 is 0.957 bits per heavy atom. The van der Waals surface area contributed by atoms with Crippen LogP contribution in [0.5, 0.6) is 0 Å². The summed E-state index contributed by atoms with van der Waals surface area (Å²) >= 11 is 0. The molecule has 3 aliphatic heterocycles. The first kappa shape index (κ1) is 14.9. The Balaban J connectivity index is 1.57. The summed E-state index contributed by atoms with van der Waals surface area (Å²) in [5, 5.41) is 3.46. The molecule has 8 nitrogen and oxygen atoms in total. The monoisotopic (exact) mass is 320 g/mol. The van der Waals surface area contributed by atoms with E-state index in [0.29, 0.717) is 19.2 Å². The molecule has 23 heavy (non-hydrogen) atoms. The average Bonchev–Trinajstić information content (AvgIpc) is 3.41. The number of anilines is 3. The van der Waals surface area contributed by atoms with Crippen LogP contribution in [0.4, 0.5) is 17.8 Å². The minimum Gasteiger partial charge on any atom is -0.348 e. The number of hydrogen-bond donors (Lipinski definition) is 1. The van der Waals surface area contributed by atoms with Crippen LogP contribution in [0.1, 0.15) is 27.2 Å². The van der Waals surface area contributed by atoms with E-state index in [1.807, 2.05) is 13.8 Å². The maximum absolute atomic E-state index is 5.85. The van der Waals surface area contributed by atoms with Crippen LogP contribution in [0.25, 0.3) is 0 Å². The Morgan fingerprint density at radius 3 is 1.91 bits per heavy atom. The molecular formula is C15H24N6O2. The summed E-state index contributed by atoms with van der Waals surface area (Å²) in [6.45, 7) is 11.2. The molecule has 0 saturated carbocycles. The van der Waals surface area contributed by atoms with E-state index >= 15 is 0 Å². The number of aromatic nitrogens is 3. The summed E-state index contributed by atoms with van der Waals surface area (Å²) in [4.78, 5) is 18.0. The lowest BCUT2D eigenvalue weighted by atomic mass is 9.97. The van der Waals surface area contributed by atoms with Crippen LogP contribution in [-0.4, -0.2) is 65.7 Å². The SMILES string of the molecule is CCC1(Nc2nc(N3CC3)nc(N3CC3)n2)COC(C)(C)OC1. The largest absolute Gasteiger partial charge is 0.348 e. The normalized spacial score (nSPS) is 24.5. The summed E-state index contributed by atoms with van der Waals surface area (Å²) in [6, 6.07) is 0. The molecule has 0 amide bonds. The Hall–Kier alpha value is -1.67. The van der Waals surface area contributed by atoms with Crippen molar-refractivity contribution in [3.8, 4) is 0 Å². The van der Waals surface area contributed by atoms with Crippen LogP contribution < -0.4 is 15.1 Å². The van der Waals surface area contributed by atoms with Gasteiger partial charge in [-0.2, -0.15) is 15.0 Å². The van der Waals surface area contributed by atoms with E-state index in [4.69, 9.17) is 9.47 Å². The summed E-state index contributed by atoms with van der Waals surface area (Å²) in [5.74, 6) is 1.59. The van der Waals surface area contributed by atoms with Crippen molar-refractivity contribution in [3.63, 3.8) is 0 Å². The molecule has 0 atom stereocenters. The highest BCUT2D eigenvalue weighted by Crippen LogP contribution is 2.30. The highest BCUT2D eigenvalue weighted by molar-refractivity contribution is 5.51. The van der Waals surface area contributed by atoms with Gasteiger partial charge in [0, 0.05) is 26.2 Å². The molecule has 3 aliphatic rings. The van der Waals surface area contributed by atoms with Gasteiger partial charge in [-0.25, -0.2) is 0 Å². The molecule has 0 aliphatic carbocycles. The van der Waals surface area contributed by atoms with Gasteiger partial charge in [-0.1, -0.05) is 6.92 Å². The molecule has 8 heteroatoms. The quantitative estimate of drug-likeness (QED) is 0.801. The molecule has 0 unspecified atom stereocenters. The Labute approximate surface area is 136 Å². The fourth-order valence-corrected chi connectivity index (χ4v) is 2.50. The van der Waals surface area contributed by atoms with Crippen molar-refractivity contribution in [2.75, 3.05) is 54.5 Å². The van der Waals surface area contributed by atoms with Crippen molar-refractivity contribution < 1.29 is 9.47 Å². The van der Waals surface area contributed by atoms with Crippen molar-refractivity contribution in [1.29, 1.82) is 0 Å². The molecular weight excluding hydrogens is 296 g/mol. The third-order valence-electron chi connectivity index (χ3n) is 4.52. The zero-order valence-electron chi connectivity index (χ0n) is 14.0. The number of nitrogens with one attached hydrogen (secondary N) is 1. The van der Waals surface area contributed by atoms with Gasteiger partial charge in [-0.3, -0.25) is 0 Å². The van der Waals surface area contributed by atoms with Crippen molar-refractivity contribution >= 4 is 17.8 Å². The second kappa shape index (κ2) is 5.17. The first-order valence-corrected chi connectivity index (χ1v) is 8.31. The van der Waals surface area contributed by atoms with Crippen molar-refractivity contribution in [2.45, 2.75) is 38.5 Å². The van der Waals surface area contributed by atoms with Gasteiger partial charge in [0.1, 0.15) is 0 Å². The van der Waals surface area contributed by atoms with Crippen molar-refractivity contribution in [3.05, 3.63) is 0 Å². The van der Waals surface area contributed by atoms with E-state index in [9.17, 15) is 0 Å². The lowest BCUT2D eigenvalue weighted by Gasteiger charge is -2.43. The van der Waals surface area contributed by atoms with Crippen LogP contribution in [0.3, 0.4) is 0 Å². The lowest BCUT2D eigenvalue weighted by molar-refractivity contribution is -0.263. The van der Waals surface area contributed by atoms with E-state index in [2.05, 4.69) is 37.0 Å². The Morgan fingerprint density at radius 2 is 1.48 bits per heavy atom. The van der Waals surface area contributed by atoms with E-state index < -0.39 is 5.79 Å². The van der Waals surface area contributed by atoms with Gasteiger partial charge in [-0.15, -0.1) is 0 Å². The van der Waals surface area contributed by atoms with Gasteiger partial charge in [0.2, 0.25) is 17.8 Å². The predicted molar refractivity (Wildman–Crippen MR) is 86.9 cm³/mol. The molecule has 0 bridgehead atoms. The molecule has 0 radical (unpaired) electrons. The van der Waals surface area contributed by atoms with E-state index in [0.717, 1.165) is 44.5 Å². The zero-order valence-corrected chi connectivity index (χ0v) is 14.0. The van der Waals surface area contributed by atoms with Gasteiger partial charge in [0.15, 0.2) is 5.79 Å². The molecule has 126 valence electrons. The van der Waals surface area contributed by atoms with Gasteiger partial charge >= 0.3 is 0 Å². The topological polar surface area (TPSA) is 75.2 Å². The molecule has 0 spiro atoms. The molecule has 1 N–H and O–H groups in total. The molecule has 1 aromatic rings. The third kappa shape index (κ3) is 3.18. The van der Waals surface area contributed by atoms with Crippen LogP contribution >= 0.6 is 0 Å². The fourth-order valence-electron chi connectivity index (χ4n) is 2.50. The summed E-state index contributed by atoms with van der Waals surface area (Å²) in [6.07, 6.45) is 0.868. The predicted octanol–water partition coefficient (Wildman–Crippen LogP) is 0.855. The van der Waals surface area contributed by atoms with Gasteiger partial charge in [-0.05, 0) is 20.3 Å². The van der Waals surface area contributed by atoms with E-state index in [1.165, 1.54) is 0 Å². The van der Waals surface area contributed by atoms with Gasteiger partial charge < -0.3 is 24.6 Å². The number of nitrogens with zero attached hydrogens (tertiary/aromatic N) is 5. The van der Waals surface area contributed by atoms with Gasteiger partial charge in [0.05, 0.1) is 18.8 Å². The third-order valence-corrected chi connectivity index (χ3v) is 4.52. The first-order valence-electron chi connectivity index (χ1n) is 8.31. The average molecular weight is 320 g/mol. The minimum atomic E-state index is -0.533. The van der Waals surface area contributed by atoms with Crippen LogP contribution in [0.2, 0.25) is 0 Å². The van der Waals surface area contributed by atoms with E-state index in [1.54, 1.807) is 0 Å². The standard InChI is InChI=1S/C15H24N6O2/c1-4-15(9-22-14(2,3)23-10-15)19-11-16-12(20-5-6-20)18-13(17-11)21-7-8-21/h4-10H2,1-3H3,(H,16,17,18,19). The molecule has 0 aromatic carbocycles. The highest BCUT2D eigenvalue weighted by atomic mass is 16.7. The minimum absolute atomic E-state index is 0.302. The van der Waals surface area contributed by atoms with Crippen LogP contribution in [-0.2, 0) is 9.47 Å². The van der Waals surface area contributed by atoms with Crippen molar-refractivity contribution in [1.82, 2.24) is 15.0 Å². The maximum Gasteiger partial charge on any atom is 0.232 e. The summed E-state index contributed by atoms with van der Waals surface area (Å²) < 4.78 is 11.7. The molecule has 4 heterocycles. The molecule has 3 fully saturated rings. The van der Waals surface area contributed by atoms with Crippen molar-refractivity contribution in [2.24, 2.45) is 0 Å². The molecule has 3 saturated heterocycles. The second-order valence-corrected chi connectivity index (χ2v) is 6.97. The zero-order chi connectivity index (χ0) is 16.1. The Kier molecular flexibility index (Phi) is 3.35. The summed E-state index contributed by atoms with van der Waals surface area (Å²) in [7, 11) is 0. The fraction of sp³-hybridized carbons (Fsp3) is 0.800. The first-order chi connectivity index (χ1) is 11.0. The number of ether oxygens (including phenoxy) is 2. The van der Waals surface area contributed by atoms with Crippen LogP contribution in [0.15, 0.2) is 0 Å². The lowest BCUT2D eigenvalue weighted by Crippen LogP contribution is -2.55. The number of hydrogen-bond acceptors (Lipinski definition) is 8. The highest BCUT2D eigenvalue weighted by Gasteiger charge is 2.40. The van der Waals surface area contributed by atoms with E-state index in [-0.39, 0.29) is 5.54 Å².